The Morgan fingerprint density at radius 3 is 2.57 bits per heavy atom. The van der Waals surface area contributed by atoms with E-state index < -0.39 is 28.2 Å². The highest BCUT2D eigenvalue weighted by atomic mass is 35.5. The van der Waals surface area contributed by atoms with Gasteiger partial charge in [-0.1, -0.05) is 23.7 Å². The minimum Gasteiger partial charge on any atom is -0.478 e. The lowest BCUT2D eigenvalue weighted by Gasteiger charge is -2.22. The van der Waals surface area contributed by atoms with Crippen LogP contribution in [-0.2, 0) is 32.4 Å². The molecule has 160 valence electrons. The third-order valence-corrected chi connectivity index (χ3v) is 6.58. The van der Waals surface area contributed by atoms with Crippen molar-refractivity contribution in [2.75, 3.05) is 13.2 Å². The van der Waals surface area contributed by atoms with Crippen molar-refractivity contribution >= 4 is 33.7 Å². The van der Waals surface area contributed by atoms with Crippen molar-refractivity contribution in [3.63, 3.8) is 0 Å². The molecule has 1 heterocycles. The predicted molar refractivity (Wildman–Crippen MR) is 108 cm³/mol. The molecule has 0 saturated carbocycles. The number of rotatable bonds is 7. The zero-order chi connectivity index (χ0) is 21.9. The fourth-order valence-electron chi connectivity index (χ4n) is 3.06. The SMILES string of the molecule is CCOC(=O)N(CCc1ccc2c(c1)CC(C(=O)O)O2)S(=O)(=O)c1ccc(Cl)cc1. The summed E-state index contributed by atoms with van der Waals surface area (Å²) in [5.74, 6) is -0.558. The van der Waals surface area contributed by atoms with Crippen molar-refractivity contribution in [3.05, 3.63) is 58.6 Å². The summed E-state index contributed by atoms with van der Waals surface area (Å²) in [5.41, 5.74) is 1.46. The van der Waals surface area contributed by atoms with E-state index >= 15 is 0 Å². The molecule has 1 N–H and O–H groups in total. The minimum atomic E-state index is -4.14. The number of ether oxygens (including phenoxy) is 2. The van der Waals surface area contributed by atoms with Crippen molar-refractivity contribution in [3.8, 4) is 5.75 Å². The Bertz CT molecular complexity index is 1050. The summed E-state index contributed by atoms with van der Waals surface area (Å²) in [7, 11) is -4.14. The summed E-state index contributed by atoms with van der Waals surface area (Å²) in [6, 6.07) is 10.6. The molecule has 1 aliphatic rings. The van der Waals surface area contributed by atoms with Crippen molar-refractivity contribution in [1.82, 2.24) is 4.31 Å². The summed E-state index contributed by atoms with van der Waals surface area (Å²) in [6.45, 7) is 1.47. The maximum Gasteiger partial charge on any atom is 0.423 e. The van der Waals surface area contributed by atoms with Gasteiger partial charge in [0, 0.05) is 18.0 Å². The van der Waals surface area contributed by atoms with Crippen LogP contribution in [0.3, 0.4) is 0 Å². The molecule has 1 aliphatic heterocycles. The number of sulfonamides is 1. The molecule has 0 aromatic heterocycles. The van der Waals surface area contributed by atoms with Gasteiger partial charge in [0.25, 0.3) is 10.0 Å². The number of aliphatic carboxylic acids is 1. The van der Waals surface area contributed by atoms with E-state index in [1.807, 2.05) is 0 Å². The number of nitrogens with zero attached hydrogens (tertiary/aromatic N) is 1. The van der Waals surface area contributed by atoms with Gasteiger partial charge in [0.1, 0.15) is 5.75 Å². The fraction of sp³-hybridized carbons (Fsp3) is 0.300. The Morgan fingerprint density at radius 1 is 1.23 bits per heavy atom. The van der Waals surface area contributed by atoms with Crippen LogP contribution < -0.4 is 4.74 Å². The van der Waals surface area contributed by atoms with Crippen LogP contribution in [0, 0.1) is 0 Å². The van der Waals surface area contributed by atoms with Crippen molar-refractivity contribution in [1.29, 1.82) is 0 Å². The molecule has 0 aliphatic carbocycles. The first kappa shape index (κ1) is 21.9. The lowest BCUT2D eigenvalue weighted by atomic mass is 10.0. The van der Waals surface area contributed by atoms with E-state index in [4.69, 9.17) is 26.2 Å². The topological polar surface area (TPSA) is 110 Å². The van der Waals surface area contributed by atoms with Crippen molar-refractivity contribution in [2.24, 2.45) is 0 Å². The van der Waals surface area contributed by atoms with Gasteiger partial charge in [-0.25, -0.2) is 22.3 Å². The maximum absolute atomic E-state index is 13.0. The molecule has 2 aromatic rings. The van der Waals surface area contributed by atoms with E-state index in [1.165, 1.54) is 24.3 Å². The highest BCUT2D eigenvalue weighted by molar-refractivity contribution is 7.89. The zero-order valence-electron chi connectivity index (χ0n) is 16.1. The second kappa shape index (κ2) is 8.93. The Balaban J connectivity index is 1.80. The van der Waals surface area contributed by atoms with Gasteiger partial charge in [0.05, 0.1) is 11.5 Å². The Morgan fingerprint density at radius 2 is 1.93 bits per heavy atom. The number of carbonyl (C=O) groups is 2. The summed E-state index contributed by atoms with van der Waals surface area (Å²) in [4.78, 5) is 23.4. The van der Waals surface area contributed by atoms with Crippen molar-refractivity contribution < 1.29 is 32.6 Å². The Kier molecular flexibility index (Phi) is 6.52. The third kappa shape index (κ3) is 4.68. The van der Waals surface area contributed by atoms with Crippen LogP contribution in [0.1, 0.15) is 18.1 Å². The molecule has 0 radical (unpaired) electrons. The zero-order valence-corrected chi connectivity index (χ0v) is 17.6. The highest BCUT2D eigenvalue weighted by Gasteiger charge is 2.31. The second-order valence-electron chi connectivity index (χ2n) is 6.57. The van der Waals surface area contributed by atoms with Crippen LogP contribution in [0.4, 0.5) is 4.79 Å². The summed E-state index contributed by atoms with van der Waals surface area (Å²) < 4.78 is 36.9. The number of carbonyl (C=O) groups excluding carboxylic acids is 1. The van der Waals surface area contributed by atoms with Crippen LogP contribution in [-0.4, -0.2) is 49.1 Å². The van der Waals surface area contributed by atoms with Gasteiger partial charge in [0.15, 0.2) is 6.10 Å². The number of amides is 1. The molecule has 10 heteroatoms. The largest absolute Gasteiger partial charge is 0.478 e. The smallest absolute Gasteiger partial charge is 0.423 e. The number of fused-ring (bicyclic) bond motifs is 1. The van der Waals surface area contributed by atoms with E-state index in [2.05, 4.69) is 0 Å². The number of carboxylic acids is 1. The van der Waals surface area contributed by atoms with Gasteiger partial charge >= 0.3 is 12.1 Å². The molecule has 30 heavy (non-hydrogen) atoms. The molecule has 2 aromatic carbocycles. The van der Waals surface area contributed by atoms with Gasteiger partial charge < -0.3 is 14.6 Å². The normalized spacial score (nSPS) is 15.2. The molecule has 0 spiro atoms. The number of carboxylic acid groups (broad SMARTS) is 1. The molecule has 3 rings (SSSR count). The second-order valence-corrected chi connectivity index (χ2v) is 8.87. The first-order valence-electron chi connectivity index (χ1n) is 9.18. The predicted octanol–water partition coefficient (Wildman–Crippen LogP) is 3.12. The van der Waals surface area contributed by atoms with Gasteiger partial charge in [0.2, 0.25) is 0 Å². The van der Waals surface area contributed by atoms with E-state index in [-0.39, 0.29) is 30.9 Å². The van der Waals surface area contributed by atoms with Crippen LogP contribution in [0.2, 0.25) is 5.02 Å². The average molecular weight is 454 g/mol. The van der Waals surface area contributed by atoms with Crippen molar-refractivity contribution in [2.45, 2.75) is 30.8 Å². The molecule has 8 nitrogen and oxygen atoms in total. The number of benzene rings is 2. The Labute approximate surface area is 179 Å². The van der Waals surface area contributed by atoms with Crippen LogP contribution >= 0.6 is 11.6 Å². The summed E-state index contributed by atoms with van der Waals surface area (Å²) in [6.07, 6.45) is -1.46. The Hall–Kier alpha value is -2.78. The first-order valence-corrected chi connectivity index (χ1v) is 11.0. The molecule has 0 saturated heterocycles. The van der Waals surface area contributed by atoms with Gasteiger partial charge in [-0.3, -0.25) is 0 Å². The maximum atomic E-state index is 13.0. The van der Waals surface area contributed by atoms with Crippen LogP contribution in [0.15, 0.2) is 47.4 Å². The standard InChI is InChI=1S/C20H20ClNO7S/c1-2-28-20(25)22(30(26,27)16-6-4-15(21)5-7-16)10-9-13-3-8-17-14(11-13)12-18(29-17)19(23)24/h3-8,11,18H,2,9-10,12H2,1H3,(H,23,24). The highest BCUT2D eigenvalue weighted by Crippen LogP contribution is 2.30. The molecule has 0 fully saturated rings. The molecule has 1 unspecified atom stereocenters. The van der Waals surface area contributed by atoms with Crippen LogP contribution in [0.25, 0.3) is 0 Å². The first-order chi connectivity index (χ1) is 14.2. The monoisotopic (exact) mass is 453 g/mol. The number of hydrogen-bond donors (Lipinski definition) is 1. The van der Waals surface area contributed by atoms with E-state index in [0.29, 0.717) is 15.1 Å². The fourth-order valence-corrected chi connectivity index (χ4v) is 4.51. The lowest BCUT2D eigenvalue weighted by Crippen LogP contribution is -2.38. The summed E-state index contributed by atoms with van der Waals surface area (Å²) >= 11 is 5.82. The quantitative estimate of drug-likeness (QED) is 0.685. The summed E-state index contributed by atoms with van der Waals surface area (Å²) in [5, 5.41) is 9.47. The van der Waals surface area contributed by atoms with E-state index in [9.17, 15) is 18.0 Å². The van der Waals surface area contributed by atoms with E-state index in [0.717, 1.165) is 11.1 Å². The third-order valence-electron chi connectivity index (χ3n) is 4.55. The van der Waals surface area contributed by atoms with Crippen LogP contribution in [0.5, 0.6) is 5.75 Å². The van der Waals surface area contributed by atoms with E-state index in [1.54, 1.807) is 25.1 Å². The number of hydrogen-bond acceptors (Lipinski definition) is 6. The molecular weight excluding hydrogens is 434 g/mol. The lowest BCUT2D eigenvalue weighted by molar-refractivity contribution is -0.144. The molecule has 0 bridgehead atoms. The van der Waals surface area contributed by atoms with Gasteiger partial charge in [-0.15, -0.1) is 0 Å². The molecule has 1 atom stereocenters. The van der Waals surface area contributed by atoms with Gasteiger partial charge in [-0.2, -0.15) is 0 Å². The minimum absolute atomic E-state index is 0.0260. The molecular formula is C20H20ClNO7S. The average Bonchev–Trinajstić information content (AvgIpc) is 3.12. The van der Waals surface area contributed by atoms with Gasteiger partial charge in [-0.05, 0) is 54.8 Å². The number of halogens is 1. The molecule has 1 amide bonds.